The Hall–Kier alpha value is -3.09. The lowest BCUT2D eigenvalue weighted by atomic mass is 10.1. The molecule has 0 unspecified atom stereocenters. The summed E-state index contributed by atoms with van der Waals surface area (Å²) in [5.74, 6) is 1.33. The molecular formula is C20H24N4O3. The molecule has 0 spiro atoms. The Balaban J connectivity index is 1.59. The van der Waals surface area contributed by atoms with Crippen molar-refractivity contribution < 1.29 is 14.3 Å². The van der Waals surface area contributed by atoms with Crippen molar-refractivity contribution in [2.75, 3.05) is 20.3 Å². The summed E-state index contributed by atoms with van der Waals surface area (Å²) in [4.78, 5) is 17.1. The molecule has 2 heterocycles. The van der Waals surface area contributed by atoms with E-state index in [1.807, 2.05) is 55.8 Å². The molecule has 142 valence electrons. The Morgan fingerprint density at radius 3 is 2.59 bits per heavy atom. The average molecular weight is 368 g/mol. The minimum Gasteiger partial charge on any atom is -0.497 e. The Kier molecular flexibility index (Phi) is 5.59. The van der Waals surface area contributed by atoms with E-state index in [-0.39, 0.29) is 11.9 Å². The van der Waals surface area contributed by atoms with Gasteiger partial charge in [0, 0.05) is 11.4 Å². The molecule has 27 heavy (non-hydrogen) atoms. The largest absolute Gasteiger partial charge is 0.497 e. The second kappa shape index (κ2) is 8.07. The van der Waals surface area contributed by atoms with Gasteiger partial charge in [0.25, 0.3) is 5.91 Å². The summed E-state index contributed by atoms with van der Waals surface area (Å²) in [5, 5.41) is 8.08. The van der Waals surface area contributed by atoms with Gasteiger partial charge in [-0.2, -0.15) is 5.10 Å². The van der Waals surface area contributed by atoms with E-state index in [1.165, 1.54) is 0 Å². The van der Waals surface area contributed by atoms with E-state index in [0.29, 0.717) is 24.4 Å². The predicted octanol–water partition coefficient (Wildman–Crippen LogP) is 3.14. The van der Waals surface area contributed by atoms with Gasteiger partial charge in [0.15, 0.2) is 5.65 Å². The number of benzene rings is 1. The van der Waals surface area contributed by atoms with E-state index in [2.05, 4.69) is 15.4 Å². The standard InChI is InChI=1S/C20H24N4O3/c1-13(2)24-19-15(12-22-24)11-18(14(3)23-19)20(25)21-9-10-27-17-7-5-16(26-4)6-8-17/h5-8,11-13H,9-10H2,1-4H3,(H,21,25). The third kappa shape index (κ3) is 4.19. The zero-order valence-electron chi connectivity index (χ0n) is 16.0. The van der Waals surface area contributed by atoms with Gasteiger partial charge in [-0.25, -0.2) is 9.67 Å². The molecule has 0 atom stereocenters. The molecule has 0 aliphatic carbocycles. The summed E-state index contributed by atoms with van der Waals surface area (Å²) in [7, 11) is 1.62. The molecule has 0 radical (unpaired) electrons. The lowest BCUT2D eigenvalue weighted by Gasteiger charge is -2.11. The van der Waals surface area contributed by atoms with Gasteiger partial charge in [-0.05, 0) is 51.1 Å². The molecule has 1 amide bonds. The van der Waals surface area contributed by atoms with E-state index >= 15 is 0 Å². The molecule has 0 saturated heterocycles. The Morgan fingerprint density at radius 1 is 1.22 bits per heavy atom. The zero-order valence-corrected chi connectivity index (χ0v) is 16.0. The maximum absolute atomic E-state index is 12.5. The predicted molar refractivity (Wildman–Crippen MR) is 103 cm³/mol. The van der Waals surface area contributed by atoms with Crippen LogP contribution in [0.5, 0.6) is 11.5 Å². The number of aryl methyl sites for hydroxylation is 1. The highest BCUT2D eigenvalue weighted by atomic mass is 16.5. The minimum atomic E-state index is -0.169. The van der Waals surface area contributed by atoms with Gasteiger partial charge in [0.1, 0.15) is 18.1 Å². The van der Waals surface area contributed by atoms with Crippen LogP contribution < -0.4 is 14.8 Å². The SMILES string of the molecule is COc1ccc(OCCNC(=O)c2cc3cnn(C(C)C)c3nc2C)cc1. The summed E-state index contributed by atoms with van der Waals surface area (Å²) in [6, 6.07) is 9.36. The van der Waals surface area contributed by atoms with E-state index in [0.717, 1.165) is 22.5 Å². The fourth-order valence-electron chi connectivity index (χ4n) is 2.77. The van der Waals surface area contributed by atoms with Crippen LogP contribution in [0.25, 0.3) is 11.0 Å². The fourth-order valence-corrected chi connectivity index (χ4v) is 2.77. The average Bonchev–Trinajstić information content (AvgIpc) is 3.07. The van der Waals surface area contributed by atoms with E-state index in [9.17, 15) is 4.79 Å². The van der Waals surface area contributed by atoms with Crippen LogP contribution >= 0.6 is 0 Å². The second-order valence-electron chi connectivity index (χ2n) is 6.50. The summed E-state index contributed by atoms with van der Waals surface area (Å²) >= 11 is 0. The highest BCUT2D eigenvalue weighted by Gasteiger charge is 2.15. The van der Waals surface area contributed by atoms with Crippen molar-refractivity contribution in [3.05, 3.63) is 47.8 Å². The number of aromatic nitrogens is 3. The van der Waals surface area contributed by atoms with Crippen LogP contribution in [0.2, 0.25) is 0 Å². The molecule has 7 heteroatoms. The minimum absolute atomic E-state index is 0.169. The van der Waals surface area contributed by atoms with Gasteiger partial charge >= 0.3 is 0 Å². The Morgan fingerprint density at radius 2 is 1.93 bits per heavy atom. The van der Waals surface area contributed by atoms with Gasteiger partial charge in [-0.15, -0.1) is 0 Å². The molecule has 2 aromatic heterocycles. The van der Waals surface area contributed by atoms with E-state index in [4.69, 9.17) is 9.47 Å². The number of ether oxygens (including phenoxy) is 2. The van der Waals surface area contributed by atoms with Gasteiger partial charge in [0.05, 0.1) is 31.1 Å². The van der Waals surface area contributed by atoms with Crippen molar-refractivity contribution >= 4 is 16.9 Å². The lowest BCUT2D eigenvalue weighted by Crippen LogP contribution is -2.28. The maximum atomic E-state index is 12.5. The number of carbonyl (C=O) groups is 1. The fraction of sp³-hybridized carbons (Fsp3) is 0.350. The molecule has 0 aliphatic heterocycles. The summed E-state index contributed by atoms with van der Waals surface area (Å²) in [6.45, 7) is 6.70. The number of hydrogen-bond acceptors (Lipinski definition) is 5. The van der Waals surface area contributed by atoms with Crippen LogP contribution in [0, 0.1) is 6.92 Å². The molecule has 1 N–H and O–H groups in total. The summed E-state index contributed by atoms with van der Waals surface area (Å²) in [6.07, 6.45) is 1.74. The van der Waals surface area contributed by atoms with E-state index in [1.54, 1.807) is 13.3 Å². The van der Waals surface area contributed by atoms with Crippen LogP contribution in [-0.2, 0) is 0 Å². The number of nitrogens with one attached hydrogen (secondary N) is 1. The van der Waals surface area contributed by atoms with E-state index < -0.39 is 0 Å². The maximum Gasteiger partial charge on any atom is 0.253 e. The smallest absolute Gasteiger partial charge is 0.253 e. The number of amides is 1. The highest BCUT2D eigenvalue weighted by Crippen LogP contribution is 2.19. The number of pyridine rings is 1. The zero-order chi connectivity index (χ0) is 19.4. The topological polar surface area (TPSA) is 78.3 Å². The third-order valence-electron chi connectivity index (χ3n) is 4.21. The monoisotopic (exact) mass is 368 g/mol. The third-order valence-corrected chi connectivity index (χ3v) is 4.21. The van der Waals surface area contributed by atoms with Crippen molar-refractivity contribution in [2.24, 2.45) is 0 Å². The molecule has 3 rings (SSSR count). The normalized spacial score (nSPS) is 11.0. The van der Waals surface area contributed by atoms with Crippen LogP contribution in [0.4, 0.5) is 0 Å². The van der Waals surface area contributed by atoms with Gasteiger partial charge in [0.2, 0.25) is 0 Å². The first-order valence-corrected chi connectivity index (χ1v) is 8.89. The molecule has 3 aromatic rings. The molecule has 0 bridgehead atoms. The Bertz CT molecular complexity index is 932. The number of nitrogens with zero attached hydrogens (tertiary/aromatic N) is 3. The highest BCUT2D eigenvalue weighted by molar-refractivity contribution is 5.98. The Labute approximate surface area is 158 Å². The molecule has 0 saturated carbocycles. The van der Waals surface area contributed by atoms with Gasteiger partial charge in [-0.1, -0.05) is 0 Å². The number of methoxy groups -OCH3 is 1. The molecule has 0 aliphatic rings. The molecule has 7 nitrogen and oxygen atoms in total. The number of rotatable bonds is 7. The van der Waals surface area contributed by atoms with Gasteiger partial charge < -0.3 is 14.8 Å². The van der Waals surface area contributed by atoms with Crippen molar-refractivity contribution in [3.8, 4) is 11.5 Å². The summed E-state index contributed by atoms with van der Waals surface area (Å²) < 4.78 is 12.6. The van der Waals surface area contributed by atoms with Crippen molar-refractivity contribution in [3.63, 3.8) is 0 Å². The first-order chi connectivity index (χ1) is 13.0. The first kappa shape index (κ1) is 18.7. The summed E-state index contributed by atoms with van der Waals surface area (Å²) in [5.41, 5.74) is 2.02. The van der Waals surface area contributed by atoms with Crippen LogP contribution in [-0.4, -0.2) is 40.9 Å². The number of fused-ring (bicyclic) bond motifs is 1. The van der Waals surface area contributed by atoms with Crippen LogP contribution in [0.1, 0.15) is 35.9 Å². The second-order valence-corrected chi connectivity index (χ2v) is 6.50. The molecule has 0 fully saturated rings. The molecular weight excluding hydrogens is 344 g/mol. The lowest BCUT2D eigenvalue weighted by molar-refractivity contribution is 0.0946. The molecule has 1 aromatic carbocycles. The van der Waals surface area contributed by atoms with Crippen LogP contribution in [0.15, 0.2) is 36.5 Å². The van der Waals surface area contributed by atoms with Crippen LogP contribution in [0.3, 0.4) is 0 Å². The number of hydrogen-bond donors (Lipinski definition) is 1. The quantitative estimate of drug-likeness (QED) is 0.648. The van der Waals surface area contributed by atoms with Crippen molar-refractivity contribution in [1.82, 2.24) is 20.1 Å². The first-order valence-electron chi connectivity index (χ1n) is 8.89. The van der Waals surface area contributed by atoms with Gasteiger partial charge in [-0.3, -0.25) is 4.79 Å². The number of carbonyl (C=O) groups excluding carboxylic acids is 1. The van der Waals surface area contributed by atoms with Crippen molar-refractivity contribution in [1.29, 1.82) is 0 Å². The van der Waals surface area contributed by atoms with Crippen molar-refractivity contribution in [2.45, 2.75) is 26.8 Å².